The van der Waals surface area contributed by atoms with E-state index in [2.05, 4.69) is 5.32 Å². The molecule has 0 radical (unpaired) electrons. The fourth-order valence-corrected chi connectivity index (χ4v) is 3.07. The van der Waals surface area contributed by atoms with Gasteiger partial charge in [0, 0.05) is 0 Å². The number of carbonyl (C=O) groups excluding carboxylic acids is 1. The molecule has 0 spiro atoms. The molecule has 2 rings (SSSR count). The molecule has 20 heavy (non-hydrogen) atoms. The number of hydrogen-bond acceptors (Lipinski definition) is 3. The highest BCUT2D eigenvalue weighted by Crippen LogP contribution is 2.32. The highest BCUT2D eigenvalue weighted by Gasteiger charge is 2.28. The van der Waals surface area contributed by atoms with Gasteiger partial charge in [0.1, 0.15) is 5.60 Å². The Hall–Kier alpha value is -1.35. The molecule has 1 N–H and O–H groups in total. The lowest BCUT2D eigenvalue weighted by atomic mass is 9.86. The Kier molecular flexibility index (Phi) is 5.60. The second-order valence-corrected chi connectivity index (χ2v) is 5.90. The highest BCUT2D eigenvalue weighted by atomic mass is 16.5. The van der Waals surface area contributed by atoms with Crippen molar-refractivity contribution in [1.82, 2.24) is 5.32 Å². The van der Waals surface area contributed by atoms with Gasteiger partial charge in [-0.15, -0.1) is 0 Å². The maximum atomic E-state index is 10.8. The van der Waals surface area contributed by atoms with Crippen molar-refractivity contribution >= 4 is 6.47 Å². The summed E-state index contributed by atoms with van der Waals surface area (Å²) in [7, 11) is 0. The largest absolute Gasteiger partial charge is 0.457 e. The van der Waals surface area contributed by atoms with Crippen LogP contribution in [0.2, 0.25) is 0 Å². The summed E-state index contributed by atoms with van der Waals surface area (Å²) in [4.78, 5) is 10.8. The first-order chi connectivity index (χ1) is 9.74. The zero-order valence-corrected chi connectivity index (χ0v) is 12.3. The van der Waals surface area contributed by atoms with Crippen LogP contribution in [-0.4, -0.2) is 19.6 Å². The summed E-state index contributed by atoms with van der Waals surface area (Å²) < 4.78 is 5.41. The zero-order valence-electron chi connectivity index (χ0n) is 12.3. The number of hydrogen-bond donors (Lipinski definition) is 1. The normalized spacial score (nSPS) is 19.2. The predicted octanol–water partition coefficient (Wildman–Crippen LogP) is 3.24. The standard InChI is InChI=1S/C17H25NO2/c1-17(20-14-19,16-7-3-2-4-8-16)11-5-6-15-9-12-18-13-10-15/h2-4,7-8,14-15,18H,5-6,9-13H2,1H3. The van der Waals surface area contributed by atoms with Gasteiger partial charge in [-0.2, -0.15) is 0 Å². The van der Waals surface area contributed by atoms with Crippen LogP contribution in [0, 0.1) is 5.92 Å². The molecule has 3 heteroatoms. The average Bonchev–Trinajstić information content (AvgIpc) is 2.49. The fraction of sp³-hybridized carbons (Fsp3) is 0.588. The summed E-state index contributed by atoms with van der Waals surface area (Å²) in [5, 5.41) is 3.40. The first kappa shape index (κ1) is 15.0. The van der Waals surface area contributed by atoms with Crippen molar-refractivity contribution in [3.8, 4) is 0 Å². The zero-order chi connectivity index (χ0) is 14.3. The van der Waals surface area contributed by atoms with E-state index in [1.165, 1.54) is 19.3 Å². The van der Waals surface area contributed by atoms with Crippen LogP contribution in [-0.2, 0) is 15.1 Å². The first-order valence-electron chi connectivity index (χ1n) is 7.62. The van der Waals surface area contributed by atoms with Gasteiger partial charge in [-0.1, -0.05) is 36.8 Å². The van der Waals surface area contributed by atoms with E-state index in [0.717, 1.165) is 37.4 Å². The molecule has 1 aromatic rings. The average molecular weight is 275 g/mol. The Labute approximate surface area is 121 Å². The van der Waals surface area contributed by atoms with Crippen LogP contribution in [0.1, 0.15) is 44.6 Å². The van der Waals surface area contributed by atoms with Gasteiger partial charge in [0.05, 0.1) is 0 Å². The Morgan fingerprint density at radius 3 is 2.65 bits per heavy atom. The third-order valence-electron chi connectivity index (χ3n) is 4.42. The third-order valence-corrected chi connectivity index (χ3v) is 4.42. The van der Waals surface area contributed by atoms with Gasteiger partial charge >= 0.3 is 0 Å². The maximum absolute atomic E-state index is 10.8. The minimum atomic E-state index is -0.490. The molecule has 1 unspecified atom stereocenters. The van der Waals surface area contributed by atoms with Gasteiger partial charge in [-0.05, 0) is 57.2 Å². The van der Waals surface area contributed by atoms with Crippen molar-refractivity contribution in [3.63, 3.8) is 0 Å². The van der Waals surface area contributed by atoms with Crippen molar-refractivity contribution < 1.29 is 9.53 Å². The topological polar surface area (TPSA) is 38.3 Å². The quantitative estimate of drug-likeness (QED) is 0.776. The minimum absolute atomic E-state index is 0.490. The third kappa shape index (κ3) is 4.07. The van der Waals surface area contributed by atoms with Crippen LogP contribution < -0.4 is 5.32 Å². The number of ether oxygens (including phenoxy) is 1. The molecule has 1 heterocycles. The molecule has 0 amide bonds. The van der Waals surface area contributed by atoms with E-state index in [-0.39, 0.29) is 0 Å². The number of benzene rings is 1. The van der Waals surface area contributed by atoms with Crippen molar-refractivity contribution in [2.24, 2.45) is 5.92 Å². The summed E-state index contributed by atoms with van der Waals surface area (Å²) in [6, 6.07) is 10.0. The van der Waals surface area contributed by atoms with E-state index in [1.54, 1.807) is 0 Å². The van der Waals surface area contributed by atoms with E-state index in [1.807, 2.05) is 37.3 Å². The minimum Gasteiger partial charge on any atom is -0.457 e. The van der Waals surface area contributed by atoms with Crippen molar-refractivity contribution in [1.29, 1.82) is 0 Å². The Morgan fingerprint density at radius 1 is 1.30 bits per heavy atom. The van der Waals surface area contributed by atoms with Gasteiger partial charge in [-0.3, -0.25) is 4.79 Å². The van der Waals surface area contributed by atoms with Gasteiger partial charge in [0.15, 0.2) is 0 Å². The van der Waals surface area contributed by atoms with Crippen LogP contribution in [0.3, 0.4) is 0 Å². The van der Waals surface area contributed by atoms with Crippen LogP contribution in [0.5, 0.6) is 0 Å². The predicted molar refractivity (Wildman–Crippen MR) is 80.4 cm³/mol. The van der Waals surface area contributed by atoms with E-state index < -0.39 is 5.60 Å². The summed E-state index contributed by atoms with van der Waals surface area (Å²) in [5.41, 5.74) is 0.591. The van der Waals surface area contributed by atoms with E-state index in [0.29, 0.717) is 6.47 Å². The molecule has 1 atom stereocenters. The number of piperidine rings is 1. The molecule has 3 nitrogen and oxygen atoms in total. The molecule has 0 saturated carbocycles. The summed E-state index contributed by atoms with van der Waals surface area (Å²) in [6.07, 6.45) is 5.77. The number of carbonyl (C=O) groups is 1. The van der Waals surface area contributed by atoms with Gasteiger partial charge in [-0.25, -0.2) is 0 Å². The number of nitrogens with one attached hydrogen (secondary N) is 1. The lowest BCUT2D eigenvalue weighted by molar-refractivity contribution is -0.143. The lowest BCUT2D eigenvalue weighted by Crippen LogP contribution is -2.29. The summed E-state index contributed by atoms with van der Waals surface area (Å²) in [6.45, 7) is 4.88. The van der Waals surface area contributed by atoms with Crippen LogP contribution in [0.4, 0.5) is 0 Å². The molecule has 110 valence electrons. The van der Waals surface area contributed by atoms with Gasteiger partial charge in [0.2, 0.25) is 0 Å². The van der Waals surface area contributed by atoms with E-state index in [4.69, 9.17) is 4.74 Å². The van der Waals surface area contributed by atoms with E-state index in [9.17, 15) is 4.79 Å². The maximum Gasteiger partial charge on any atom is 0.293 e. The molecular formula is C17H25NO2. The van der Waals surface area contributed by atoms with Crippen molar-refractivity contribution in [3.05, 3.63) is 35.9 Å². The summed E-state index contributed by atoms with van der Waals surface area (Å²) in [5.74, 6) is 0.826. The summed E-state index contributed by atoms with van der Waals surface area (Å²) >= 11 is 0. The molecule has 1 fully saturated rings. The molecule has 1 aliphatic heterocycles. The Morgan fingerprint density at radius 2 is 2.00 bits per heavy atom. The van der Waals surface area contributed by atoms with Crippen molar-refractivity contribution in [2.45, 2.75) is 44.6 Å². The SMILES string of the molecule is CC(CCCC1CCNCC1)(OC=O)c1ccccc1. The molecule has 1 aliphatic rings. The highest BCUT2D eigenvalue weighted by molar-refractivity contribution is 5.40. The monoisotopic (exact) mass is 275 g/mol. The first-order valence-corrected chi connectivity index (χ1v) is 7.62. The van der Waals surface area contributed by atoms with Gasteiger partial charge in [0.25, 0.3) is 6.47 Å². The smallest absolute Gasteiger partial charge is 0.293 e. The van der Waals surface area contributed by atoms with Crippen LogP contribution >= 0.6 is 0 Å². The molecule has 1 saturated heterocycles. The van der Waals surface area contributed by atoms with Crippen molar-refractivity contribution in [2.75, 3.05) is 13.1 Å². The second kappa shape index (κ2) is 7.44. The lowest BCUT2D eigenvalue weighted by Gasteiger charge is -2.29. The Balaban J connectivity index is 1.90. The van der Waals surface area contributed by atoms with Crippen LogP contribution in [0.25, 0.3) is 0 Å². The molecule has 1 aromatic carbocycles. The fourth-order valence-electron chi connectivity index (χ4n) is 3.07. The van der Waals surface area contributed by atoms with Crippen LogP contribution in [0.15, 0.2) is 30.3 Å². The molecule has 0 aromatic heterocycles. The van der Waals surface area contributed by atoms with E-state index >= 15 is 0 Å². The second-order valence-electron chi connectivity index (χ2n) is 5.90. The Bertz CT molecular complexity index is 401. The van der Waals surface area contributed by atoms with Gasteiger partial charge < -0.3 is 10.1 Å². The molecule has 0 bridgehead atoms. The molecular weight excluding hydrogens is 250 g/mol. The molecule has 0 aliphatic carbocycles. The number of rotatable bonds is 7.